The quantitative estimate of drug-likeness (QED) is 0.311. The van der Waals surface area contributed by atoms with Crippen LogP contribution < -0.4 is 21.6 Å². The van der Waals surface area contributed by atoms with Gasteiger partial charge in [0.15, 0.2) is 12.3 Å². The Morgan fingerprint density at radius 2 is 2.15 bits per heavy atom. The van der Waals surface area contributed by atoms with E-state index in [-0.39, 0.29) is 18.4 Å². The third-order valence-corrected chi connectivity index (χ3v) is 2.40. The molecule has 2 atom stereocenters. The minimum Gasteiger partial charge on any atom is -0.304 e. The lowest BCUT2D eigenvalue weighted by Crippen LogP contribution is -2.94. The first-order valence-corrected chi connectivity index (χ1v) is 4.01. The number of amides is 2. The number of urea groups is 1. The maximum Gasteiger partial charge on any atom is 0.360 e. The number of carbonyl (C=O) groups is 1. The number of hydrogen-bond acceptors (Lipinski definition) is 4. The lowest BCUT2D eigenvalue weighted by atomic mass is 10.4. The molecule has 2 aliphatic rings. The van der Waals surface area contributed by atoms with E-state index < -0.39 is 0 Å². The molecule has 2 amide bonds. The summed E-state index contributed by atoms with van der Waals surface area (Å²) < 4.78 is 0. The van der Waals surface area contributed by atoms with Gasteiger partial charge in [-0.25, -0.2) is 10.2 Å². The Balaban J connectivity index is 2.30. The van der Waals surface area contributed by atoms with E-state index in [1.165, 1.54) is 0 Å². The third-order valence-electron chi connectivity index (χ3n) is 2.40. The Kier molecular flexibility index (Phi) is 1.56. The van der Waals surface area contributed by atoms with Crippen LogP contribution >= 0.6 is 0 Å². The van der Waals surface area contributed by atoms with Crippen molar-refractivity contribution in [1.29, 1.82) is 0 Å². The monoisotopic (exact) mass is 185 g/mol. The van der Waals surface area contributed by atoms with Crippen molar-refractivity contribution in [3.63, 3.8) is 0 Å². The Hall–Kier alpha value is -1.50. The standard InChI is InChI=1S/C6H12N6O/c1-11-3-4(12(2)6(11)13)9-10-5(7)8-3/h3-4,9H,1-2H3,(H3,7,8,10)/p+1/t3-,4-/m0/s1. The largest absolute Gasteiger partial charge is 0.360 e. The number of nitrogens with one attached hydrogen (secondary N) is 3. The molecule has 0 aromatic rings. The summed E-state index contributed by atoms with van der Waals surface area (Å²) in [7, 11) is 3.47. The van der Waals surface area contributed by atoms with E-state index in [1.54, 1.807) is 23.9 Å². The number of nitrogens with two attached hydrogens (primary N) is 1. The highest BCUT2D eigenvalue weighted by Gasteiger charge is 2.45. The Labute approximate surface area is 75.5 Å². The van der Waals surface area contributed by atoms with Gasteiger partial charge in [0.25, 0.3) is 0 Å². The normalized spacial score (nSPS) is 32.8. The molecule has 1 fully saturated rings. The zero-order chi connectivity index (χ0) is 9.59. The Morgan fingerprint density at radius 3 is 2.85 bits per heavy atom. The molecule has 1 saturated heterocycles. The topological polar surface area (TPSA) is 87.6 Å². The molecule has 13 heavy (non-hydrogen) atoms. The number of hydrogen-bond donors (Lipinski definition) is 4. The van der Waals surface area contributed by atoms with Gasteiger partial charge in [-0.1, -0.05) is 0 Å². The van der Waals surface area contributed by atoms with Gasteiger partial charge < -0.3 is 4.90 Å². The van der Waals surface area contributed by atoms with Crippen LogP contribution in [0.2, 0.25) is 0 Å². The fourth-order valence-corrected chi connectivity index (χ4v) is 1.61. The predicted octanol–water partition coefficient (Wildman–Crippen LogP) is -3.86. The SMILES string of the molecule is CN1C(=O)N(C)[C@@H]2[NH+]=C(N)NN[C@H]21. The van der Waals surface area contributed by atoms with Gasteiger partial charge in [-0.05, 0) is 0 Å². The van der Waals surface area contributed by atoms with Crippen LogP contribution in [0.3, 0.4) is 0 Å². The number of fused-ring (bicyclic) bond motifs is 1. The zero-order valence-corrected chi connectivity index (χ0v) is 7.53. The summed E-state index contributed by atoms with van der Waals surface area (Å²) in [5.74, 6) is 0.427. The first-order valence-electron chi connectivity index (χ1n) is 4.01. The van der Waals surface area contributed by atoms with Crippen LogP contribution in [0, 0.1) is 0 Å². The van der Waals surface area contributed by atoms with E-state index in [0.29, 0.717) is 5.96 Å². The number of hydrazine groups is 1. The zero-order valence-electron chi connectivity index (χ0n) is 7.53. The summed E-state index contributed by atoms with van der Waals surface area (Å²) in [6, 6.07) is -0.0356. The second-order valence-corrected chi connectivity index (χ2v) is 3.22. The molecule has 7 heteroatoms. The van der Waals surface area contributed by atoms with Crippen LogP contribution in [-0.4, -0.2) is 48.2 Å². The molecule has 0 radical (unpaired) electrons. The number of likely N-dealkylation sites (N-methyl/N-ethyl adjacent to an activating group) is 2. The van der Waals surface area contributed by atoms with Crippen LogP contribution in [0.4, 0.5) is 4.79 Å². The van der Waals surface area contributed by atoms with E-state index in [0.717, 1.165) is 0 Å². The summed E-state index contributed by atoms with van der Waals surface area (Å²) in [6.45, 7) is 0. The lowest BCUT2D eigenvalue weighted by molar-refractivity contribution is -0.539. The van der Waals surface area contributed by atoms with E-state index in [9.17, 15) is 4.79 Å². The summed E-state index contributed by atoms with van der Waals surface area (Å²) in [5, 5.41) is 0. The molecule has 0 saturated carbocycles. The molecule has 7 nitrogen and oxygen atoms in total. The third kappa shape index (κ3) is 1.00. The minimum absolute atomic E-state index is 0.0356. The van der Waals surface area contributed by atoms with Crippen LogP contribution in [-0.2, 0) is 0 Å². The molecular formula is C6H13N6O+. The molecule has 2 heterocycles. The number of rotatable bonds is 0. The number of nitrogens with zero attached hydrogens (tertiary/aromatic N) is 2. The van der Waals surface area contributed by atoms with Crippen LogP contribution in [0.15, 0.2) is 0 Å². The predicted molar refractivity (Wildman–Crippen MR) is 44.9 cm³/mol. The minimum atomic E-state index is -0.112. The molecule has 0 spiro atoms. The van der Waals surface area contributed by atoms with Gasteiger partial charge in [-0.15, -0.1) is 0 Å². The van der Waals surface area contributed by atoms with Gasteiger partial charge in [0.2, 0.25) is 0 Å². The molecule has 2 aliphatic heterocycles. The molecule has 2 rings (SSSR count). The average Bonchev–Trinajstić information content (AvgIpc) is 2.32. The second kappa shape index (κ2) is 2.49. The molecule has 0 aromatic carbocycles. The highest BCUT2D eigenvalue weighted by Crippen LogP contribution is 2.12. The molecule has 5 N–H and O–H groups in total. The molecule has 0 unspecified atom stereocenters. The fourth-order valence-electron chi connectivity index (χ4n) is 1.61. The average molecular weight is 185 g/mol. The van der Waals surface area contributed by atoms with Crippen molar-refractivity contribution in [2.75, 3.05) is 14.1 Å². The molecular weight excluding hydrogens is 172 g/mol. The summed E-state index contributed by atoms with van der Waals surface area (Å²) in [6.07, 6.45) is -0.205. The van der Waals surface area contributed by atoms with Crippen molar-refractivity contribution in [2.24, 2.45) is 5.73 Å². The van der Waals surface area contributed by atoms with Crippen molar-refractivity contribution in [3.05, 3.63) is 0 Å². The first-order chi connectivity index (χ1) is 6.11. The van der Waals surface area contributed by atoms with Crippen LogP contribution in [0.1, 0.15) is 0 Å². The highest BCUT2D eigenvalue weighted by molar-refractivity contribution is 5.78. The van der Waals surface area contributed by atoms with Gasteiger partial charge in [-0.2, -0.15) is 5.43 Å². The Morgan fingerprint density at radius 1 is 1.46 bits per heavy atom. The lowest BCUT2D eigenvalue weighted by Gasteiger charge is -2.24. The number of carbonyl (C=O) groups excluding carboxylic acids is 1. The second-order valence-electron chi connectivity index (χ2n) is 3.22. The smallest absolute Gasteiger partial charge is 0.304 e. The highest BCUT2D eigenvalue weighted by atomic mass is 16.2. The van der Waals surface area contributed by atoms with E-state index in [2.05, 4.69) is 15.8 Å². The van der Waals surface area contributed by atoms with E-state index in [4.69, 9.17) is 5.73 Å². The van der Waals surface area contributed by atoms with Crippen molar-refractivity contribution in [3.8, 4) is 0 Å². The van der Waals surface area contributed by atoms with Gasteiger partial charge in [0.05, 0.1) is 0 Å². The van der Waals surface area contributed by atoms with Crippen molar-refractivity contribution < 1.29 is 9.79 Å². The van der Waals surface area contributed by atoms with E-state index >= 15 is 0 Å². The molecule has 0 bridgehead atoms. The van der Waals surface area contributed by atoms with Crippen molar-refractivity contribution in [1.82, 2.24) is 20.7 Å². The molecule has 0 aromatic heterocycles. The Bertz CT molecular complexity index is 276. The molecule has 72 valence electrons. The van der Waals surface area contributed by atoms with Crippen molar-refractivity contribution in [2.45, 2.75) is 12.3 Å². The van der Waals surface area contributed by atoms with Crippen LogP contribution in [0.5, 0.6) is 0 Å². The first kappa shape index (κ1) is 8.11. The maximum absolute atomic E-state index is 11.5. The van der Waals surface area contributed by atoms with Gasteiger partial charge in [-0.3, -0.25) is 15.6 Å². The van der Waals surface area contributed by atoms with E-state index in [1.807, 2.05) is 0 Å². The summed E-state index contributed by atoms with van der Waals surface area (Å²) >= 11 is 0. The maximum atomic E-state index is 11.5. The van der Waals surface area contributed by atoms with Gasteiger partial charge >= 0.3 is 12.0 Å². The van der Waals surface area contributed by atoms with Crippen LogP contribution in [0.25, 0.3) is 0 Å². The summed E-state index contributed by atoms with van der Waals surface area (Å²) in [4.78, 5) is 17.7. The molecule has 0 aliphatic carbocycles. The van der Waals surface area contributed by atoms with Gasteiger partial charge in [0, 0.05) is 14.1 Å². The van der Waals surface area contributed by atoms with Gasteiger partial charge in [0.1, 0.15) is 0 Å². The summed E-state index contributed by atoms with van der Waals surface area (Å²) in [5.41, 5.74) is 11.2. The fraction of sp³-hybridized carbons (Fsp3) is 0.667. The van der Waals surface area contributed by atoms with Crippen molar-refractivity contribution >= 4 is 12.0 Å². The number of guanidine groups is 1.